The molecule has 0 aliphatic rings. The van der Waals surface area contributed by atoms with Gasteiger partial charge in [0.2, 0.25) is 0 Å². The number of fused-ring (bicyclic) bond motifs is 1. The molecule has 0 bridgehead atoms. The van der Waals surface area contributed by atoms with Gasteiger partial charge in [-0.25, -0.2) is 9.78 Å². The molecule has 29 heavy (non-hydrogen) atoms. The standard InChI is InChI=1S/C24H16N2O2S/c1-28-24(27)18-8-6-16(7-9-18)12-21(14-25)23-26-22(15-29-23)20-11-10-17-4-2-3-5-19(17)13-20/h2-13,15H,1H3. The third-order valence-corrected chi connectivity index (χ3v) is 5.42. The first kappa shape index (κ1) is 18.6. The summed E-state index contributed by atoms with van der Waals surface area (Å²) in [5.41, 5.74) is 3.63. The zero-order chi connectivity index (χ0) is 20.2. The number of aromatic nitrogens is 1. The minimum atomic E-state index is -0.388. The lowest BCUT2D eigenvalue weighted by atomic mass is 10.1. The summed E-state index contributed by atoms with van der Waals surface area (Å²) in [7, 11) is 1.35. The molecule has 5 heteroatoms. The van der Waals surface area contributed by atoms with Gasteiger partial charge < -0.3 is 4.74 Å². The first-order valence-electron chi connectivity index (χ1n) is 8.93. The van der Waals surface area contributed by atoms with E-state index in [1.54, 1.807) is 30.3 Å². The van der Waals surface area contributed by atoms with Crippen molar-refractivity contribution in [3.05, 3.63) is 88.2 Å². The van der Waals surface area contributed by atoms with Crippen molar-refractivity contribution < 1.29 is 9.53 Å². The molecule has 4 nitrogen and oxygen atoms in total. The zero-order valence-electron chi connectivity index (χ0n) is 15.6. The van der Waals surface area contributed by atoms with Gasteiger partial charge in [0.25, 0.3) is 0 Å². The number of nitriles is 1. The molecule has 4 aromatic rings. The molecule has 0 N–H and O–H groups in total. The maximum atomic E-state index is 11.5. The van der Waals surface area contributed by atoms with Crippen LogP contribution in [-0.2, 0) is 4.74 Å². The average molecular weight is 396 g/mol. The number of thiazole rings is 1. The van der Waals surface area contributed by atoms with Crippen LogP contribution in [0.25, 0.3) is 33.7 Å². The first-order valence-corrected chi connectivity index (χ1v) is 9.81. The molecule has 3 aromatic carbocycles. The predicted octanol–water partition coefficient (Wildman–Crippen LogP) is 5.81. The molecule has 0 spiro atoms. The highest BCUT2D eigenvalue weighted by Crippen LogP contribution is 2.29. The monoisotopic (exact) mass is 396 g/mol. The van der Waals surface area contributed by atoms with E-state index in [2.05, 4.69) is 35.3 Å². The maximum Gasteiger partial charge on any atom is 0.337 e. The van der Waals surface area contributed by atoms with Crippen molar-refractivity contribution in [2.75, 3.05) is 7.11 Å². The van der Waals surface area contributed by atoms with E-state index >= 15 is 0 Å². The number of hydrogen-bond acceptors (Lipinski definition) is 5. The van der Waals surface area contributed by atoms with Gasteiger partial charge in [-0.05, 0) is 40.6 Å². The number of benzene rings is 3. The second-order valence-corrected chi connectivity index (χ2v) is 7.24. The molecule has 1 aromatic heterocycles. The third kappa shape index (κ3) is 3.93. The summed E-state index contributed by atoms with van der Waals surface area (Å²) in [6.45, 7) is 0. The maximum absolute atomic E-state index is 11.5. The molecule has 0 radical (unpaired) electrons. The molecular weight excluding hydrogens is 380 g/mol. The summed E-state index contributed by atoms with van der Waals surface area (Å²) in [6.07, 6.45) is 1.77. The molecule has 1 heterocycles. The van der Waals surface area contributed by atoms with Crippen molar-refractivity contribution in [2.24, 2.45) is 0 Å². The highest BCUT2D eigenvalue weighted by atomic mass is 32.1. The Bertz CT molecular complexity index is 1260. The van der Waals surface area contributed by atoms with Crippen LogP contribution in [0, 0.1) is 11.3 Å². The molecular formula is C24H16N2O2S. The average Bonchev–Trinajstić information content (AvgIpc) is 3.27. The van der Waals surface area contributed by atoms with Crippen LogP contribution in [0.5, 0.6) is 0 Å². The Balaban J connectivity index is 1.63. The number of ether oxygens (including phenoxy) is 1. The third-order valence-electron chi connectivity index (χ3n) is 4.54. The second kappa shape index (κ2) is 8.09. The molecule has 0 amide bonds. The molecule has 0 fully saturated rings. The lowest BCUT2D eigenvalue weighted by Crippen LogP contribution is -2.00. The van der Waals surface area contributed by atoms with Crippen molar-refractivity contribution >= 4 is 39.7 Å². The minimum Gasteiger partial charge on any atom is -0.465 e. The van der Waals surface area contributed by atoms with Crippen molar-refractivity contribution in [3.8, 4) is 17.3 Å². The van der Waals surface area contributed by atoms with Crippen LogP contribution in [0.15, 0.2) is 72.1 Å². The van der Waals surface area contributed by atoms with E-state index in [4.69, 9.17) is 4.74 Å². The van der Waals surface area contributed by atoms with E-state index in [1.807, 2.05) is 23.6 Å². The number of rotatable bonds is 4. The Kier molecular flexibility index (Phi) is 5.19. The Hall–Kier alpha value is -3.75. The predicted molar refractivity (Wildman–Crippen MR) is 116 cm³/mol. The van der Waals surface area contributed by atoms with Gasteiger partial charge in [0.05, 0.1) is 23.9 Å². The Morgan fingerprint density at radius 2 is 1.83 bits per heavy atom. The van der Waals surface area contributed by atoms with E-state index in [1.165, 1.54) is 23.8 Å². The van der Waals surface area contributed by atoms with Gasteiger partial charge in [-0.15, -0.1) is 11.3 Å². The van der Waals surface area contributed by atoms with Crippen LogP contribution in [-0.4, -0.2) is 18.1 Å². The molecule has 0 aliphatic heterocycles. The minimum absolute atomic E-state index is 0.388. The summed E-state index contributed by atoms with van der Waals surface area (Å²) < 4.78 is 4.70. The number of methoxy groups -OCH3 is 1. The SMILES string of the molecule is COC(=O)c1ccc(C=C(C#N)c2nc(-c3ccc4ccccc4c3)cs2)cc1. The number of nitrogens with zero attached hydrogens (tertiary/aromatic N) is 2. The zero-order valence-corrected chi connectivity index (χ0v) is 16.4. The topological polar surface area (TPSA) is 63.0 Å². The molecule has 4 rings (SSSR count). The molecule has 0 aliphatic carbocycles. The molecule has 0 atom stereocenters. The lowest BCUT2D eigenvalue weighted by Gasteiger charge is -2.01. The van der Waals surface area contributed by atoms with Gasteiger partial charge in [-0.2, -0.15) is 5.26 Å². The highest BCUT2D eigenvalue weighted by molar-refractivity contribution is 7.11. The van der Waals surface area contributed by atoms with Crippen LogP contribution in [0.2, 0.25) is 0 Å². The van der Waals surface area contributed by atoms with Crippen molar-refractivity contribution in [1.82, 2.24) is 4.98 Å². The quantitative estimate of drug-likeness (QED) is 0.322. The molecule has 0 saturated carbocycles. The Morgan fingerprint density at radius 3 is 2.55 bits per heavy atom. The van der Waals surface area contributed by atoms with Gasteiger partial charge in [0, 0.05) is 10.9 Å². The summed E-state index contributed by atoms with van der Waals surface area (Å²) in [5, 5.41) is 14.6. The van der Waals surface area contributed by atoms with Crippen molar-refractivity contribution in [1.29, 1.82) is 5.26 Å². The first-order chi connectivity index (χ1) is 14.2. The summed E-state index contributed by atoms with van der Waals surface area (Å²) in [6, 6.07) is 23.5. The van der Waals surface area contributed by atoms with Crippen molar-refractivity contribution in [2.45, 2.75) is 0 Å². The van der Waals surface area contributed by atoms with Crippen LogP contribution in [0.4, 0.5) is 0 Å². The fourth-order valence-corrected chi connectivity index (χ4v) is 3.82. The number of carbonyl (C=O) groups excluding carboxylic acids is 1. The molecule has 140 valence electrons. The van der Waals surface area contributed by atoms with Crippen LogP contribution >= 0.6 is 11.3 Å². The van der Waals surface area contributed by atoms with Crippen molar-refractivity contribution in [3.63, 3.8) is 0 Å². The van der Waals surface area contributed by atoms with E-state index in [-0.39, 0.29) is 5.97 Å². The number of hydrogen-bond donors (Lipinski definition) is 0. The molecule has 0 unspecified atom stereocenters. The Labute approximate surface area is 172 Å². The molecule has 0 saturated heterocycles. The highest BCUT2D eigenvalue weighted by Gasteiger charge is 2.10. The number of carbonyl (C=O) groups is 1. The van der Waals surface area contributed by atoms with Gasteiger partial charge >= 0.3 is 5.97 Å². The fourth-order valence-electron chi connectivity index (χ4n) is 3.02. The summed E-state index contributed by atoms with van der Waals surface area (Å²) in [4.78, 5) is 16.2. The smallest absolute Gasteiger partial charge is 0.337 e. The van der Waals surface area contributed by atoms with E-state index in [0.29, 0.717) is 16.1 Å². The van der Waals surface area contributed by atoms with Crippen LogP contribution in [0.1, 0.15) is 20.9 Å². The van der Waals surface area contributed by atoms with Gasteiger partial charge in [0.1, 0.15) is 11.1 Å². The van der Waals surface area contributed by atoms with E-state index in [0.717, 1.165) is 22.2 Å². The number of esters is 1. The van der Waals surface area contributed by atoms with Gasteiger partial charge in [-0.1, -0.05) is 48.5 Å². The fraction of sp³-hybridized carbons (Fsp3) is 0.0417. The normalized spacial score (nSPS) is 11.2. The van der Waals surface area contributed by atoms with E-state index in [9.17, 15) is 10.1 Å². The van der Waals surface area contributed by atoms with Crippen LogP contribution < -0.4 is 0 Å². The Morgan fingerprint density at radius 1 is 1.07 bits per heavy atom. The lowest BCUT2D eigenvalue weighted by molar-refractivity contribution is 0.0600. The number of allylic oxidation sites excluding steroid dienone is 1. The largest absolute Gasteiger partial charge is 0.465 e. The summed E-state index contributed by atoms with van der Waals surface area (Å²) in [5.74, 6) is -0.388. The van der Waals surface area contributed by atoms with E-state index < -0.39 is 0 Å². The summed E-state index contributed by atoms with van der Waals surface area (Å²) >= 11 is 1.44. The van der Waals surface area contributed by atoms with Gasteiger partial charge in [-0.3, -0.25) is 0 Å². The van der Waals surface area contributed by atoms with Crippen LogP contribution in [0.3, 0.4) is 0 Å². The second-order valence-electron chi connectivity index (χ2n) is 6.38. The van der Waals surface area contributed by atoms with Gasteiger partial charge in [0.15, 0.2) is 0 Å².